The average Bonchev–Trinajstić information content (AvgIpc) is 3.01. The van der Waals surface area contributed by atoms with E-state index in [-0.39, 0.29) is 18.0 Å². The molecule has 0 aliphatic carbocycles. The van der Waals surface area contributed by atoms with Gasteiger partial charge in [-0.3, -0.25) is 4.79 Å². The number of benzene rings is 2. The first-order valence-electron chi connectivity index (χ1n) is 8.93. The molecule has 0 aliphatic heterocycles. The largest absolute Gasteiger partial charge is 0.346 e. The number of carbonyl (C=O) groups is 1. The maximum Gasteiger partial charge on any atom is 0.220 e. The predicted octanol–water partition coefficient (Wildman–Crippen LogP) is 4.62. The van der Waals surface area contributed by atoms with Gasteiger partial charge in [-0.1, -0.05) is 49.4 Å². The Morgan fingerprint density at radius 1 is 1.08 bits per heavy atom. The number of hydrogen-bond donors (Lipinski definition) is 1. The summed E-state index contributed by atoms with van der Waals surface area (Å²) in [6.07, 6.45) is 1.38. The molecule has 0 aliphatic rings. The van der Waals surface area contributed by atoms with Crippen LogP contribution in [0.25, 0.3) is 11.0 Å². The van der Waals surface area contributed by atoms with E-state index in [1.165, 1.54) is 5.56 Å². The minimum absolute atomic E-state index is 0.0703. The standard InChI is InChI=1S/C21H25N3O/c1-4-10-20(25)22-15(2)21-23-18-13-8-9-14-19(18)24(21)16(3)17-11-6-5-7-12-17/h5-9,11-16H,4,10H2,1-3H3,(H,22,25). The maximum absolute atomic E-state index is 12.0. The molecule has 1 aromatic heterocycles. The number of carbonyl (C=O) groups excluding carboxylic acids is 1. The van der Waals surface area contributed by atoms with E-state index < -0.39 is 0 Å². The van der Waals surface area contributed by atoms with Gasteiger partial charge in [-0.25, -0.2) is 4.98 Å². The van der Waals surface area contributed by atoms with E-state index in [2.05, 4.69) is 47.1 Å². The molecular formula is C21H25N3O. The average molecular weight is 335 g/mol. The smallest absolute Gasteiger partial charge is 0.220 e. The normalized spacial score (nSPS) is 13.6. The molecule has 2 unspecified atom stereocenters. The summed E-state index contributed by atoms with van der Waals surface area (Å²) in [4.78, 5) is 16.9. The van der Waals surface area contributed by atoms with Gasteiger partial charge in [-0.15, -0.1) is 0 Å². The van der Waals surface area contributed by atoms with Gasteiger partial charge in [-0.2, -0.15) is 0 Å². The fourth-order valence-corrected chi connectivity index (χ4v) is 3.26. The lowest BCUT2D eigenvalue weighted by atomic mass is 10.1. The molecular weight excluding hydrogens is 310 g/mol. The Morgan fingerprint density at radius 2 is 1.76 bits per heavy atom. The van der Waals surface area contributed by atoms with Crippen LogP contribution in [-0.4, -0.2) is 15.5 Å². The van der Waals surface area contributed by atoms with Crippen LogP contribution in [0.3, 0.4) is 0 Å². The fourth-order valence-electron chi connectivity index (χ4n) is 3.26. The lowest BCUT2D eigenvalue weighted by Gasteiger charge is -2.21. The highest BCUT2D eigenvalue weighted by Gasteiger charge is 2.22. The Hall–Kier alpha value is -2.62. The monoisotopic (exact) mass is 335 g/mol. The van der Waals surface area contributed by atoms with Crippen molar-refractivity contribution in [1.29, 1.82) is 0 Å². The van der Waals surface area contributed by atoms with Crippen LogP contribution in [0.1, 0.15) is 57.1 Å². The molecule has 0 fully saturated rings. The van der Waals surface area contributed by atoms with E-state index in [1.807, 2.05) is 38.1 Å². The van der Waals surface area contributed by atoms with Crippen LogP contribution < -0.4 is 5.32 Å². The first-order chi connectivity index (χ1) is 12.1. The Kier molecular flexibility index (Phi) is 5.17. The lowest BCUT2D eigenvalue weighted by Crippen LogP contribution is -2.29. The van der Waals surface area contributed by atoms with Crippen LogP contribution in [0.2, 0.25) is 0 Å². The van der Waals surface area contributed by atoms with Gasteiger partial charge >= 0.3 is 0 Å². The van der Waals surface area contributed by atoms with Gasteiger partial charge in [0.1, 0.15) is 5.82 Å². The first-order valence-corrected chi connectivity index (χ1v) is 8.93. The number of hydrogen-bond acceptors (Lipinski definition) is 2. The van der Waals surface area contributed by atoms with Crippen molar-refractivity contribution in [3.05, 3.63) is 66.0 Å². The second-order valence-corrected chi connectivity index (χ2v) is 6.45. The van der Waals surface area contributed by atoms with Crippen molar-refractivity contribution in [2.45, 2.75) is 45.7 Å². The molecule has 1 N–H and O–H groups in total. The highest BCUT2D eigenvalue weighted by molar-refractivity contribution is 5.78. The molecule has 0 radical (unpaired) electrons. The molecule has 0 saturated heterocycles. The lowest BCUT2D eigenvalue weighted by molar-refractivity contribution is -0.121. The summed E-state index contributed by atoms with van der Waals surface area (Å²) in [5, 5.41) is 3.08. The van der Waals surface area contributed by atoms with Gasteiger partial charge < -0.3 is 9.88 Å². The number of imidazole rings is 1. The van der Waals surface area contributed by atoms with E-state index in [9.17, 15) is 4.79 Å². The summed E-state index contributed by atoms with van der Waals surface area (Å²) in [6, 6.07) is 18.5. The van der Waals surface area contributed by atoms with Crippen LogP contribution in [-0.2, 0) is 4.79 Å². The molecule has 25 heavy (non-hydrogen) atoms. The fraction of sp³-hybridized carbons (Fsp3) is 0.333. The molecule has 3 rings (SSSR count). The van der Waals surface area contributed by atoms with Gasteiger partial charge in [0, 0.05) is 6.42 Å². The van der Waals surface area contributed by atoms with Crippen molar-refractivity contribution in [3.8, 4) is 0 Å². The topological polar surface area (TPSA) is 46.9 Å². The minimum atomic E-state index is -0.141. The van der Waals surface area contributed by atoms with E-state index in [1.54, 1.807) is 0 Å². The Bertz CT molecular complexity index is 854. The van der Waals surface area contributed by atoms with Crippen molar-refractivity contribution in [2.75, 3.05) is 0 Å². The molecule has 0 bridgehead atoms. The molecule has 4 nitrogen and oxygen atoms in total. The summed E-state index contributed by atoms with van der Waals surface area (Å²) in [7, 11) is 0. The Labute approximate surface area is 148 Å². The number of nitrogens with one attached hydrogen (secondary N) is 1. The molecule has 2 atom stereocenters. The predicted molar refractivity (Wildman–Crippen MR) is 101 cm³/mol. The van der Waals surface area contributed by atoms with Gasteiger partial charge in [0.05, 0.1) is 23.1 Å². The third kappa shape index (κ3) is 3.58. The number of para-hydroxylation sites is 2. The number of fused-ring (bicyclic) bond motifs is 1. The van der Waals surface area contributed by atoms with Crippen LogP contribution in [0.15, 0.2) is 54.6 Å². The zero-order chi connectivity index (χ0) is 17.8. The van der Waals surface area contributed by atoms with Crippen molar-refractivity contribution < 1.29 is 4.79 Å². The molecule has 1 heterocycles. The second-order valence-electron chi connectivity index (χ2n) is 6.45. The van der Waals surface area contributed by atoms with Crippen LogP contribution in [0, 0.1) is 0 Å². The van der Waals surface area contributed by atoms with E-state index in [0.29, 0.717) is 6.42 Å². The van der Waals surface area contributed by atoms with Crippen LogP contribution >= 0.6 is 0 Å². The van der Waals surface area contributed by atoms with E-state index in [4.69, 9.17) is 4.98 Å². The highest BCUT2D eigenvalue weighted by atomic mass is 16.1. The quantitative estimate of drug-likeness (QED) is 0.714. The van der Waals surface area contributed by atoms with E-state index in [0.717, 1.165) is 23.3 Å². The van der Waals surface area contributed by atoms with Crippen molar-refractivity contribution in [3.63, 3.8) is 0 Å². The zero-order valence-electron chi connectivity index (χ0n) is 15.1. The van der Waals surface area contributed by atoms with Gasteiger partial charge in [0.25, 0.3) is 0 Å². The van der Waals surface area contributed by atoms with Crippen molar-refractivity contribution >= 4 is 16.9 Å². The number of nitrogens with zero attached hydrogens (tertiary/aromatic N) is 2. The van der Waals surface area contributed by atoms with E-state index >= 15 is 0 Å². The molecule has 0 spiro atoms. The minimum Gasteiger partial charge on any atom is -0.346 e. The number of aromatic nitrogens is 2. The second kappa shape index (κ2) is 7.51. The van der Waals surface area contributed by atoms with Gasteiger partial charge in [-0.05, 0) is 38.0 Å². The molecule has 4 heteroatoms. The number of amides is 1. The summed E-state index contributed by atoms with van der Waals surface area (Å²) >= 11 is 0. The Morgan fingerprint density at radius 3 is 2.48 bits per heavy atom. The Balaban J connectivity index is 2.04. The SMILES string of the molecule is CCCC(=O)NC(C)c1nc2ccccc2n1C(C)c1ccccc1. The molecule has 1 amide bonds. The third-order valence-electron chi connectivity index (χ3n) is 4.53. The van der Waals surface area contributed by atoms with Crippen molar-refractivity contribution in [1.82, 2.24) is 14.9 Å². The summed E-state index contributed by atoms with van der Waals surface area (Å²) in [6.45, 7) is 6.19. The molecule has 130 valence electrons. The highest BCUT2D eigenvalue weighted by Crippen LogP contribution is 2.28. The molecule has 2 aromatic carbocycles. The third-order valence-corrected chi connectivity index (χ3v) is 4.53. The van der Waals surface area contributed by atoms with Crippen LogP contribution in [0.5, 0.6) is 0 Å². The summed E-state index contributed by atoms with van der Waals surface area (Å²) in [5.41, 5.74) is 3.27. The number of rotatable bonds is 6. The summed E-state index contributed by atoms with van der Waals surface area (Å²) in [5.74, 6) is 0.961. The summed E-state index contributed by atoms with van der Waals surface area (Å²) < 4.78 is 2.24. The van der Waals surface area contributed by atoms with Gasteiger partial charge in [0.15, 0.2) is 0 Å². The van der Waals surface area contributed by atoms with Crippen LogP contribution in [0.4, 0.5) is 0 Å². The zero-order valence-corrected chi connectivity index (χ0v) is 15.1. The molecule has 3 aromatic rings. The molecule has 0 saturated carbocycles. The van der Waals surface area contributed by atoms with Gasteiger partial charge in [0.2, 0.25) is 5.91 Å². The van der Waals surface area contributed by atoms with Crippen molar-refractivity contribution in [2.24, 2.45) is 0 Å². The maximum atomic E-state index is 12.0. The first kappa shape index (κ1) is 17.2.